The van der Waals surface area contributed by atoms with E-state index in [2.05, 4.69) is 11.9 Å². The summed E-state index contributed by atoms with van der Waals surface area (Å²) in [7, 11) is 2.15. The highest BCUT2D eigenvalue weighted by Crippen LogP contribution is 2.28. The molecule has 15 heavy (non-hydrogen) atoms. The van der Waals surface area contributed by atoms with Gasteiger partial charge in [0.15, 0.2) is 0 Å². The molecule has 0 aromatic rings. The van der Waals surface area contributed by atoms with Crippen LogP contribution in [0.3, 0.4) is 0 Å². The van der Waals surface area contributed by atoms with Gasteiger partial charge in [-0.1, -0.05) is 0 Å². The fraction of sp³-hybridized carbons (Fsp3) is 0.909. The number of carbonyl (C=O) groups is 1. The predicted molar refractivity (Wildman–Crippen MR) is 59.4 cm³/mol. The highest BCUT2D eigenvalue weighted by Gasteiger charge is 2.34. The lowest BCUT2D eigenvalue weighted by Crippen LogP contribution is -2.45. The lowest BCUT2D eigenvalue weighted by atomic mass is 10.2. The van der Waals surface area contributed by atoms with Gasteiger partial charge in [0.25, 0.3) is 0 Å². The van der Waals surface area contributed by atoms with E-state index < -0.39 is 0 Å². The minimum atomic E-state index is 0.123. The van der Waals surface area contributed by atoms with Crippen LogP contribution in [0.5, 0.6) is 0 Å². The Balaban J connectivity index is 1.91. The Morgan fingerprint density at radius 1 is 1.47 bits per heavy atom. The van der Waals surface area contributed by atoms with E-state index in [0.717, 1.165) is 6.54 Å². The third-order valence-corrected chi connectivity index (χ3v) is 3.56. The molecule has 2 aliphatic rings. The molecule has 0 unspecified atom stereocenters. The summed E-state index contributed by atoms with van der Waals surface area (Å²) in [4.78, 5) is 16.0. The van der Waals surface area contributed by atoms with Crippen LogP contribution >= 0.6 is 0 Å². The van der Waals surface area contributed by atoms with Crippen molar-refractivity contribution in [3.63, 3.8) is 0 Å². The van der Waals surface area contributed by atoms with Crippen LogP contribution in [0.15, 0.2) is 0 Å². The van der Waals surface area contributed by atoms with Crippen LogP contribution in [0.25, 0.3) is 0 Å². The average Bonchev–Trinajstić information content (AvgIpc) is 2.99. The monoisotopic (exact) mass is 211 g/mol. The normalized spacial score (nSPS) is 26.9. The van der Waals surface area contributed by atoms with Crippen molar-refractivity contribution in [1.82, 2.24) is 9.80 Å². The van der Waals surface area contributed by atoms with Crippen molar-refractivity contribution in [2.45, 2.75) is 37.8 Å². The Hall–Kier alpha value is -0.610. The molecule has 4 heteroatoms. The molecule has 0 radical (unpaired) electrons. The summed E-state index contributed by atoms with van der Waals surface area (Å²) in [5, 5.41) is 0. The van der Waals surface area contributed by atoms with Crippen molar-refractivity contribution in [1.29, 1.82) is 0 Å². The van der Waals surface area contributed by atoms with Gasteiger partial charge in [-0.3, -0.25) is 4.79 Å². The average molecular weight is 211 g/mol. The molecule has 2 fully saturated rings. The second kappa shape index (κ2) is 4.49. The van der Waals surface area contributed by atoms with Crippen LogP contribution in [0.2, 0.25) is 0 Å². The molecule has 2 rings (SSSR count). The van der Waals surface area contributed by atoms with Crippen LogP contribution in [0.1, 0.15) is 25.7 Å². The fourth-order valence-electron chi connectivity index (χ4n) is 2.39. The van der Waals surface area contributed by atoms with E-state index in [1.54, 1.807) is 0 Å². The minimum Gasteiger partial charge on any atom is -0.337 e. The molecule has 4 nitrogen and oxygen atoms in total. The van der Waals surface area contributed by atoms with Gasteiger partial charge in [-0.15, -0.1) is 0 Å². The second-order valence-corrected chi connectivity index (χ2v) is 4.76. The first-order valence-electron chi connectivity index (χ1n) is 5.92. The van der Waals surface area contributed by atoms with Crippen molar-refractivity contribution >= 4 is 5.91 Å². The maximum absolute atomic E-state index is 11.7. The molecule has 1 amide bonds. The van der Waals surface area contributed by atoms with Crippen molar-refractivity contribution in [3.8, 4) is 0 Å². The van der Waals surface area contributed by atoms with Gasteiger partial charge in [0.1, 0.15) is 0 Å². The largest absolute Gasteiger partial charge is 0.337 e. The van der Waals surface area contributed by atoms with Gasteiger partial charge >= 0.3 is 0 Å². The molecule has 2 N–H and O–H groups in total. The summed E-state index contributed by atoms with van der Waals surface area (Å²) in [6.07, 6.45) is 4.82. The van der Waals surface area contributed by atoms with Crippen molar-refractivity contribution in [2.75, 3.05) is 26.7 Å². The van der Waals surface area contributed by atoms with E-state index in [4.69, 9.17) is 5.73 Å². The van der Waals surface area contributed by atoms with Gasteiger partial charge < -0.3 is 15.5 Å². The lowest BCUT2D eigenvalue weighted by Gasteiger charge is -2.28. The molecule has 86 valence electrons. The SMILES string of the molecule is CN1CCC[C@H]1CN(C(=O)CN)C1CC1. The quantitative estimate of drug-likeness (QED) is 0.714. The van der Waals surface area contributed by atoms with Crippen molar-refractivity contribution in [3.05, 3.63) is 0 Å². The number of likely N-dealkylation sites (N-methyl/N-ethyl adjacent to an activating group) is 1. The molecular formula is C11H21N3O. The Bertz CT molecular complexity index is 240. The topological polar surface area (TPSA) is 49.6 Å². The van der Waals surface area contributed by atoms with E-state index in [1.165, 1.54) is 32.2 Å². The molecular weight excluding hydrogens is 190 g/mol. The number of carbonyl (C=O) groups excluding carboxylic acids is 1. The lowest BCUT2D eigenvalue weighted by molar-refractivity contribution is -0.130. The van der Waals surface area contributed by atoms with E-state index in [0.29, 0.717) is 12.1 Å². The summed E-state index contributed by atoms with van der Waals surface area (Å²) in [5.74, 6) is 0.123. The molecule has 1 heterocycles. The number of likely N-dealkylation sites (tertiary alicyclic amines) is 1. The highest BCUT2D eigenvalue weighted by molar-refractivity contribution is 5.78. The van der Waals surface area contributed by atoms with Crippen LogP contribution in [-0.2, 0) is 4.79 Å². The second-order valence-electron chi connectivity index (χ2n) is 4.76. The third-order valence-electron chi connectivity index (χ3n) is 3.56. The Morgan fingerprint density at radius 3 is 2.67 bits per heavy atom. The van der Waals surface area contributed by atoms with Gasteiger partial charge in [0.05, 0.1) is 6.54 Å². The zero-order valence-electron chi connectivity index (χ0n) is 9.48. The number of nitrogens with zero attached hydrogens (tertiary/aromatic N) is 2. The molecule has 1 saturated carbocycles. The van der Waals surface area contributed by atoms with Crippen LogP contribution < -0.4 is 5.73 Å². The molecule has 1 aliphatic carbocycles. The van der Waals surface area contributed by atoms with Crippen molar-refractivity contribution in [2.24, 2.45) is 5.73 Å². The van der Waals surface area contributed by atoms with Crippen LogP contribution in [-0.4, -0.2) is 54.5 Å². The van der Waals surface area contributed by atoms with Gasteiger partial charge in [-0.05, 0) is 39.3 Å². The summed E-state index contributed by atoms with van der Waals surface area (Å²) < 4.78 is 0. The molecule has 1 atom stereocenters. The van der Waals surface area contributed by atoms with Gasteiger partial charge in [0, 0.05) is 18.6 Å². The number of hydrogen-bond donors (Lipinski definition) is 1. The number of nitrogens with two attached hydrogens (primary N) is 1. The first-order valence-corrected chi connectivity index (χ1v) is 5.92. The maximum atomic E-state index is 11.7. The number of amides is 1. The zero-order chi connectivity index (χ0) is 10.8. The van der Waals surface area contributed by atoms with E-state index >= 15 is 0 Å². The van der Waals surface area contributed by atoms with Crippen molar-refractivity contribution < 1.29 is 4.79 Å². The Labute approximate surface area is 91.4 Å². The van der Waals surface area contributed by atoms with E-state index in [9.17, 15) is 4.79 Å². The number of rotatable bonds is 4. The van der Waals surface area contributed by atoms with Gasteiger partial charge in [0.2, 0.25) is 5.91 Å². The summed E-state index contributed by atoms with van der Waals surface area (Å²) in [6.45, 7) is 2.21. The minimum absolute atomic E-state index is 0.123. The molecule has 1 saturated heterocycles. The van der Waals surface area contributed by atoms with Crippen LogP contribution in [0, 0.1) is 0 Å². The maximum Gasteiger partial charge on any atom is 0.236 e. The van der Waals surface area contributed by atoms with Gasteiger partial charge in [-0.25, -0.2) is 0 Å². The highest BCUT2D eigenvalue weighted by atomic mass is 16.2. The number of hydrogen-bond acceptors (Lipinski definition) is 3. The van der Waals surface area contributed by atoms with E-state index in [1.807, 2.05) is 4.90 Å². The molecule has 0 spiro atoms. The molecule has 1 aliphatic heterocycles. The third kappa shape index (κ3) is 2.49. The zero-order valence-corrected chi connectivity index (χ0v) is 9.48. The molecule has 0 bridgehead atoms. The first-order chi connectivity index (χ1) is 7.22. The van der Waals surface area contributed by atoms with Crippen LogP contribution in [0.4, 0.5) is 0 Å². The molecule has 0 aromatic carbocycles. The summed E-state index contributed by atoms with van der Waals surface area (Å²) in [6, 6.07) is 1.05. The predicted octanol–water partition coefficient (Wildman–Crippen LogP) is 0.0303. The van der Waals surface area contributed by atoms with E-state index in [-0.39, 0.29) is 12.5 Å². The fourth-order valence-corrected chi connectivity index (χ4v) is 2.39. The first kappa shape index (κ1) is 10.9. The molecule has 0 aromatic heterocycles. The smallest absolute Gasteiger partial charge is 0.236 e. The Morgan fingerprint density at radius 2 is 2.20 bits per heavy atom. The Kier molecular flexibility index (Phi) is 3.26. The van der Waals surface area contributed by atoms with Gasteiger partial charge in [-0.2, -0.15) is 0 Å². The standard InChI is InChI=1S/C11H21N3O/c1-13-6-2-3-10(13)8-14(9-4-5-9)11(15)7-12/h9-10H,2-8,12H2,1H3/t10-/m0/s1. The summed E-state index contributed by atoms with van der Waals surface area (Å²) in [5.41, 5.74) is 5.44. The summed E-state index contributed by atoms with van der Waals surface area (Å²) >= 11 is 0.